The first-order valence-electron chi connectivity index (χ1n) is 9.27. The van der Waals surface area contributed by atoms with Crippen LogP contribution in [0.4, 0.5) is 0 Å². The van der Waals surface area contributed by atoms with E-state index in [2.05, 4.69) is 5.32 Å². The van der Waals surface area contributed by atoms with Gasteiger partial charge in [-0.3, -0.25) is 4.79 Å². The molecule has 4 rings (SSSR count). The maximum Gasteiger partial charge on any atom is 0.374 e. The van der Waals surface area contributed by atoms with Crippen LogP contribution in [0.2, 0.25) is 5.02 Å². The average molecular weight is 428 g/mol. The monoisotopic (exact) mass is 427 g/mol. The highest BCUT2D eigenvalue weighted by Crippen LogP contribution is 2.31. The molecular weight excluding hydrogens is 410 g/mol. The van der Waals surface area contributed by atoms with Crippen LogP contribution in [0.1, 0.15) is 10.6 Å². The van der Waals surface area contributed by atoms with Crippen molar-refractivity contribution in [3.63, 3.8) is 0 Å². The smallest absolute Gasteiger partial charge is 0.374 e. The van der Waals surface area contributed by atoms with Gasteiger partial charge in [-0.2, -0.15) is 0 Å². The molecule has 1 N–H and O–H groups in total. The predicted octanol–water partition coefficient (Wildman–Crippen LogP) is 3.71. The number of benzene rings is 2. The quantitative estimate of drug-likeness (QED) is 0.603. The Balaban J connectivity index is 1.25. The van der Waals surface area contributed by atoms with Crippen molar-refractivity contribution in [2.45, 2.75) is 6.10 Å². The molecule has 0 spiro atoms. The van der Waals surface area contributed by atoms with Crippen LogP contribution in [-0.4, -0.2) is 37.7 Å². The van der Waals surface area contributed by atoms with Crippen molar-refractivity contribution in [2.75, 3.05) is 19.8 Å². The second-order valence-corrected chi connectivity index (χ2v) is 6.93. The summed E-state index contributed by atoms with van der Waals surface area (Å²) in [6.07, 6.45) is -0.331. The van der Waals surface area contributed by atoms with Crippen molar-refractivity contribution in [3.8, 4) is 22.8 Å². The third kappa shape index (κ3) is 4.58. The fraction of sp³-hybridized carbons (Fsp3) is 0.182. The van der Waals surface area contributed by atoms with E-state index in [1.165, 1.54) is 6.07 Å². The molecule has 1 amide bonds. The number of para-hydroxylation sites is 2. The summed E-state index contributed by atoms with van der Waals surface area (Å²) >= 11 is 6.13. The molecular formula is C22H18ClNO6. The molecule has 2 heterocycles. The number of halogens is 1. The topological polar surface area (TPSA) is 87.0 Å². The predicted molar refractivity (Wildman–Crippen MR) is 109 cm³/mol. The van der Waals surface area contributed by atoms with Crippen LogP contribution in [0, 0.1) is 0 Å². The van der Waals surface area contributed by atoms with E-state index in [4.69, 9.17) is 30.2 Å². The molecule has 7 nitrogen and oxygen atoms in total. The maximum atomic E-state index is 12.1. The Morgan fingerprint density at radius 3 is 2.63 bits per heavy atom. The zero-order chi connectivity index (χ0) is 20.9. The Labute approximate surface area is 177 Å². The third-order valence-corrected chi connectivity index (χ3v) is 4.70. The van der Waals surface area contributed by atoms with E-state index in [0.29, 0.717) is 34.5 Å². The van der Waals surface area contributed by atoms with Gasteiger partial charge in [0.15, 0.2) is 18.1 Å². The minimum Gasteiger partial charge on any atom is -0.486 e. The fourth-order valence-corrected chi connectivity index (χ4v) is 3.13. The zero-order valence-corrected chi connectivity index (χ0v) is 16.6. The summed E-state index contributed by atoms with van der Waals surface area (Å²) in [5.41, 5.74) is 0.659. The maximum absolute atomic E-state index is 12.1. The minimum atomic E-state index is -0.741. The Bertz CT molecular complexity index is 1060. The van der Waals surface area contributed by atoms with E-state index in [-0.39, 0.29) is 18.4 Å². The van der Waals surface area contributed by atoms with Crippen molar-refractivity contribution in [2.24, 2.45) is 0 Å². The lowest BCUT2D eigenvalue weighted by Gasteiger charge is -2.26. The van der Waals surface area contributed by atoms with E-state index < -0.39 is 18.5 Å². The van der Waals surface area contributed by atoms with E-state index in [1.54, 1.807) is 30.3 Å². The molecule has 0 bridgehead atoms. The molecule has 3 aromatic rings. The third-order valence-electron chi connectivity index (χ3n) is 4.38. The highest BCUT2D eigenvalue weighted by Gasteiger charge is 2.22. The second-order valence-electron chi connectivity index (χ2n) is 6.52. The first kappa shape index (κ1) is 19.8. The van der Waals surface area contributed by atoms with Crippen molar-refractivity contribution in [3.05, 3.63) is 71.4 Å². The van der Waals surface area contributed by atoms with Crippen LogP contribution in [0.15, 0.2) is 65.1 Å². The van der Waals surface area contributed by atoms with Crippen LogP contribution < -0.4 is 14.8 Å². The van der Waals surface area contributed by atoms with Gasteiger partial charge in [0.05, 0.1) is 11.6 Å². The molecule has 1 aliphatic rings. The van der Waals surface area contributed by atoms with Crippen LogP contribution in [0.5, 0.6) is 11.5 Å². The summed E-state index contributed by atoms with van der Waals surface area (Å²) in [5.74, 6) is 0.522. The molecule has 30 heavy (non-hydrogen) atoms. The number of carbonyl (C=O) groups is 2. The molecule has 0 saturated carbocycles. The van der Waals surface area contributed by atoms with Crippen molar-refractivity contribution < 1.29 is 28.2 Å². The number of hydrogen-bond acceptors (Lipinski definition) is 6. The van der Waals surface area contributed by atoms with Gasteiger partial charge in [-0.15, -0.1) is 0 Å². The number of ether oxygens (including phenoxy) is 3. The van der Waals surface area contributed by atoms with E-state index >= 15 is 0 Å². The number of nitrogens with one attached hydrogen (secondary N) is 1. The number of amides is 1. The molecule has 0 saturated heterocycles. The number of hydrogen-bond donors (Lipinski definition) is 1. The lowest BCUT2D eigenvalue weighted by Crippen LogP contribution is -2.42. The Morgan fingerprint density at radius 2 is 1.80 bits per heavy atom. The van der Waals surface area contributed by atoms with Crippen LogP contribution in [0.3, 0.4) is 0 Å². The van der Waals surface area contributed by atoms with E-state index in [1.807, 2.05) is 24.3 Å². The SMILES string of the molecule is O=C(COC(=O)c1ccc(-c2ccccc2Cl)o1)NCC1COc2ccccc2O1. The van der Waals surface area contributed by atoms with Gasteiger partial charge in [0.25, 0.3) is 5.91 Å². The number of fused-ring (bicyclic) bond motifs is 1. The summed E-state index contributed by atoms with van der Waals surface area (Å²) in [6, 6.07) is 17.5. The van der Waals surface area contributed by atoms with Crippen LogP contribution >= 0.6 is 11.6 Å². The molecule has 1 unspecified atom stereocenters. The number of rotatable bonds is 6. The summed E-state index contributed by atoms with van der Waals surface area (Å²) < 4.78 is 21.9. The normalized spacial score (nSPS) is 14.8. The molecule has 0 aliphatic carbocycles. The summed E-state index contributed by atoms with van der Waals surface area (Å²) in [5, 5.41) is 3.16. The summed E-state index contributed by atoms with van der Waals surface area (Å²) in [6.45, 7) is 0.0988. The lowest BCUT2D eigenvalue weighted by atomic mass is 10.2. The van der Waals surface area contributed by atoms with Crippen LogP contribution in [0.25, 0.3) is 11.3 Å². The molecule has 8 heteroatoms. The molecule has 2 aromatic carbocycles. The van der Waals surface area contributed by atoms with Gasteiger partial charge in [0.2, 0.25) is 5.76 Å². The Morgan fingerprint density at radius 1 is 1.03 bits per heavy atom. The Kier molecular flexibility index (Phi) is 5.90. The second kappa shape index (κ2) is 8.92. The van der Waals surface area contributed by atoms with E-state index in [0.717, 1.165) is 0 Å². The average Bonchev–Trinajstić information content (AvgIpc) is 3.26. The van der Waals surface area contributed by atoms with Gasteiger partial charge in [0.1, 0.15) is 18.5 Å². The molecule has 0 fully saturated rings. The largest absolute Gasteiger partial charge is 0.486 e. The number of furan rings is 1. The van der Waals surface area contributed by atoms with Crippen molar-refractivity contribution in [1.29, 1.82) is 0 Å². The highest BCUT2D eigenvalue weighted by molar-refractivity contribution is 6.33. The fourth-order valence-electron chi connectivity index (χ4n) is 2.90. The summed E-state index contributed by atoms with van der Waals surface area (Å²) in [4.78, 5) is 24.2. The Hall–Kier alpha value is -3.45. The molecule has 1 aromatic heterocycles. The highest BCUT2D eigenvalue weighted by atomic mass is 35.5. The van der Waals surface area contributed by atoms with Gasteiger partial charge in [-0.1, -0.05) is 35.9 Å². The zero-order valence-electron chi connectivity index (χ0n) is 15.8. The van der Waals surface area contributed by atoms with Gasteiger partial charge < -0.3 is 23.9 Å². The lowest BCUT2D eigenvalue weighted by molar-refractivity contribution is -0.124. The first-order chi connectivity index (χ1) is 14.6. The summed E-state index contributed by atoms with van der Waals surface area (Å²) in [7, 11) is 0. The van der Waals surface area contributed by atoms with Crippen LogP contribution in [-0.2, 0) is 9.53 Å². The van der Waals surface area contributed by atoms with Gasteiger partial charge in [-0.05, 0) is 36.4 Å². The van der Waals surface area contributed by atoms with E-state index in [9.17, 15) is 9.59 Å². The number of carbonyl (C=O) groups excluding carboxylic acids is 2. The molecule has 154 valence electrons. The molecule has 0 radical (unpaired) electrons. The van der Waals surface area contributed by atoms with Gasteiger partial charge in [0, 0.05) is 5.56 Å². The molecule has 1 atom stereocenters. The van der Waals surface area contributed by atoms with Crippen molar-refractivity contribution in [1.82, 2.24) is 5.32 Å². The number of esters is 1. The standard InChI is InChI=1S/C22H18ClNO6/c23-16-6-2-1-5-15(16)17-9-10-20(30-17)22(26)28-13-21(25)24-11-14-12-27-18-7-3-4-8-19(18)29-14/h1-10,14H,11-13H2,(H,24,25). The van der Waals surface area contributed by atoms with Gasteiger partial charge in [-0.25, -0.2) is 4.79 Å². The van der Waals surface area contributed by atoms with Gasteiger partial charge >= 0.3 is 5.97 Å². The van der Waals surface area contributed by atoms with Crippen molar-refractivity contribution >= 4 is 23.5 Å². The first-order valence-corrected chi connectivity index (χ1v) is 9.65. The molecule has 1 aliphatic heterocycles. The minimum absolute atomic E-state index is 0.0154.